The molecule has 0 spiro atoms. The highest BCUT2D eigenvalue weighted by molar-refractivity contribution is 7.81. The third-order valence-corrected chi connectivity index (χ3v) is 2.85. The van der Waals surface area contributed by atoms with Crippen LogP contribution in [-0.2, 0) is 14.3 Å². The average Bonchev–Trinajstić information content (AvgIpc) is 2.55. The maximum atomic E-state index is 11.4. The first-order valence-electron chi connectivity index (χ1n) is 4.57. The molecular formula is C9H16O3S. The van der Waals surface area contributed by atoms with Crippen LogP contribution in [0.25, 0.3) is 0 Å². The topological polar surface area (TPSA) is 35.5 Å². The van der Waals surface area contributed by atoms with Gasteiger partial charge in [0.15, 0.2) is 0 Å². The Bertz CT molecular complexity index is 176. The van der Waals surface area contributed by atoms with Crippen molar-refractivity contribution in [3.8, 4) is 0 Å². The minimum Gasteiger partial charge on any atom is -0.459 e. The molecule has 0 saturated carbocycles. The van der Waals surface area contributed by atoms with Gasteiger partial charge in [0, 0.05) is 6.42 Å². The summed E-state index contributed by atoms with van der Waals surface area (Å²) in [5, 5.41) is -0.319. The van der Waals surface area contributed by atoms with Gasteiger partial charge < -0.3 is 9.47 Å². The van der Waals surface area contributed by atoms with Crippen LogP contribution >= 0.6 is 12.6 Å². The fourth-order valence-corrected chi connectivity index (χ4v) is 1.17. The van der Waals surface area contributed by atoms with E-state index in [-0.39, 0.29) is 23.2 Å². The van der Waals surface area contributed by atoms with Gasteiger partial charge >= 0.3 is 5.97 Å². The van der Waals surface area contributed by atoms with Gasteiger partial charge in [-0.05, 0) is 5.92 Å². The number of rotatable bonds is 3. The predicted molar refractivity (Wildman–Crippen MR) is 52.9 cm³/mol. The number of esters is 1. The van der Waals surface area contributed by atoms with Crippen LogP contribution in [0.4, 0.5) is 0 Å². The van der Waals surface area contributed by atoms with Crippen LogP contribution in [0.1, 0.15) is 20.3 Å². The second kappa shape index (κ2) is 4.86. The van der Waals surface area contributed by atoms with E-state index in [1.807, 2.05) is 13.8 Å². The lowest BCUT2D eigenvalue weighted by Gasteiger charge is -2.16. The standard InChI is InChI=1S/C9H16O3S/c1-6(2)8(13)9(10)12-7-3-4-11-5-7/h6-8,13H,3-5H2,1-2H3. The van der Waals surface area contributed by atoms with Crippen molar-refractivity contribution in [3.63, 3.8) is 0 Å². The molecule has 1 aliphatic rings. The summed E-state index contributed by atoms with van der Waals surface area (Å²) in [6, 6.07) is 0. The molecule has 0 aromatic rings. The summed E-state index contributed by atoms with van der Waals surface area (Å²) in [6.45, 7) is 5.12. The van der Waals surface area contributed by atoms with Crippen LogP contribution in [-0.4, -0.2) is 30.5 Å². The van der Waals surface area contributed by atoms with Crippen LogP contribution in [0.3, 0.4) is 0 Å². The normalized spacial score (nSPS) is 24.8. The zero-order valence-electron chi connectivity index (χ0n) is 8.03. The second-order valence-corrected chi connectivity index (χ2v) is 4.17. The van der Waals surface area contributed by atoms with Crippen LogP contribution < -0.4 is 0 Å². The number of thiol groups is 1. The molecule has 3 nitrogen and oxygen atoms in total. The maximum Gasteiger partial charge on any atom is 0.319 e. The number of hydrogen-bond donors (Lipinski definition) is 1. The van der Waals surface area contributed by atoms with Gasteiger partial charge in [-0.15, -0.1) is 0 Å². The smallest absolute Gasteiger partial charge is 0.319 e. The molecule has 13 heavy (non-hydrogen) atoms. The zero-order valence-corrected chi connectivity index (χ0v) is 8.92. The van der Waals surface area contributed by atoms with Gasteiger partial charge in [-0.2, -0.15) is 12.6 Å². The lowest BCUT2D eigenvalue weighted by Crippen LogP contribution is -2.28. The fraction of sp³-hybridized carbons (Fsp3) is 0.889. The molecule has 1 fully saturated rings. The molecule has 0 N–H and O–H groups in total. The molecule has 4 heteroatoms. The minimum absolute atomic E-state index is 0.0547. The SMILES string of the molecule is CC(C)C(S)C(=O)OC1CCOC1. The lowest BCUT2D eigenvalue weighted by atomic mass is 10.1. The molecule has 0 aromatic carbocycles. The highest BCUT2D eigenvalue weighted by Crippen LogP contribution is 2.15. The van der Waals surface area contributed by atoms with Crippen molar-refractivity contribution in [2.45, 2.75) is 31.6 Å². The summed E-state index contributed by atoms with van der Waals surface area (Å²) < 4.78 is 10.3. The quantitative estimate of drug-likeness (QED) is 0.555. The van der Waals surface area contributed by atoms with Gasteiger partial charge in [-0.25, -0.2) is 0 Å². The van der Waals surface area contributed by atoms with E-state index in [0.29, 0.717) is 13.2 Å². The van der Waals surface area contributed by atoms with Crippen LogP contribution in [0.5, 0.6) is 0 Å². The molecule has 76 valence electrons. The maximum absolute atomic E-state index is 11.4. The largest absolute Gasteiger partial charge is 0.459 e. The predicted octanol–water partition coefficient (Wildman–Crippen LogP) is 1.27. The molecule has 0 aliphatic carbocycles. The minimum atomic E-state index is -0.319. The Morgan fingerprint density at radius 1 is 1.62 bits per heavy atom. The molecule has 1 rings (SSSR count). The van der Waals surface area contributed by atoms with E-state index >= 15 is 0 Å². The summed E-state index contributed by atoms with van der Waals surface area (Å²) in [5.41, 5.74) is 0. The van der Waals surface area contributed by atoms with Crippen LogP contribution in [0.15, 0.2) is 0 Å². The molecule has 2 unspecified atom stereocenters. The number of hydrogen-bond acceptors (Lipinski definition) is 4. The van der Waals surface area contributed by atoms with E-state index < -0.39 is 0 Å². The summed E-state index contributed by atoms with van der Waals surface area (Å²) in [5.74, 6) is -0.0213. The third-order valence-electron chi connectivity index (χ3n) is 2.04. The van der Waals surface area contributed by atoms with E-state index in [2.05, 4.69) is 12.6 Å². The van der Waals surface area contributed by atoms with Crippen molar-refractivity contribution in [2.75, 3.05) is 13.2 Å². The first-order valence-corrected chi connectivity index (χ1v) is 5.09. The van der Waals surface area contributed by atoms with Gasteiger partial charge in [0.05, 0.1) is 13.2 Å². The Morgan fingerprint density at radius 3 is 2.77 bits per heavy atom. The summed E-state index contributed by atoms with van der Waals surface area (Å²) >= 11 is 4.18. The Balaban J connectivity index is 2.31. The fourth-order valence-electron chi connectivity index (χ4n) is 1.11. The zero-order chi connectivity index (χ0) is 9.84. The summed E-state index contributed by atoms with van der Waals surface area (Å²) in [6.07, 6.45) is 0.755. The Morgan fingerprint density at radius 2 is 2.31 bits per heavy atom. The van der Waals surface area contributed by atoms with Gasteiger partial charge in [0.2, 0.25) is 0 Å². The van der Waals surface area contributed by atoms with Gasteiger partial charge in [0.1, 0.15) is 11.4 Å². The van der Waals surface area contributed by atoms with Crippen LogP contribution in [0, 0.1) is 5.92 Å². The van der Waals surface area contributed by atoms with E-state index in [1.54, 1.807) is 0 Å². The average molecular weight is 204 g/mol. The summed E-state index contributed by atoms with van der Waals surface area (Å²) in [4.78, 5) is 11.4. The monoisotopic (exact) mass is 204 g/mol. The van der Waals surface area contributed by atoms with Crippen LogP contribution in [0.2, 0.25) is 0 Å². The van der Waals surface area contributed by atoms with Crippen molar-refractivity contribution in [1.82, 2.24) is 0 Å². The lowest BCUT2D eigenvalue weighted by molar-refractivity contribution is -0.149. The third kappa shape index (κ3) is 3.19. The first kappa shape index (κ1) is 10.9. The van der Waals surface area contributed by atoms with Gasteiger partial charge in [-0.3, -0.25) is 4.79 Å². The van der Waals surface area contributed by atoms with E-state index in [0.717, 1.165) is 6.42 Å². The van der Waals surface area contributed by atoms with Crippen molar-refractivity contribution in [1.29, 1.82) is 0 Å². The number of carbonyl (C=O) groups is 1. The van der Waals surface area contributed by atoms with Crippen molar-refractivity contribution in [3.05, 3.63) is 0 Å². The molecule has 2 atom stereocenters. The molecule has 0 bridgehead atoms. The highest BCUT2D eigenvalue weighted by Gasteiger charge is 2.25. The molecular weight excluding hydrogens is 188 g/mol. The number of ether oxygens (including phenoxy) is 2. The molecule has 1 aliphatic heterocycles. The summed E-state index contributed by atoms with van der Waals surface area (Å²) in [7, 11) is 0. The van der Waals surface area contributed by atoms with E-state index in [1.165, 1.54) is 0 Å². The Labute approximate surface area is 84.2 Å². The number of carbonyl (C=O) groups excluding carboxylic acids is 1. The Hall–Kier alpha value is -0.220. The van der Waals surface area contributed by atoms with Gasteiger partial charge in [-0.1, -0.05) is 13.8 Å². The molecule has 0 radical (unpaired) electrons. The van der Waals surface area contributed by atoms with Gasteiger partial charge in [0.25, 0.3) is 0 Å². The molecule has 1 heterocycles. The van der Waals surface area contributed by atoms with Crippen molar-refractivity contribution < 1.29 is 14.3 Å². The molecule has 0 amide bonds. The van der Waals surface area contributed by atoms with E-state index in [4.69, 9.17) is 9.47 Å². The van der Waals surface area contributed by atoms with Crippen molar-refractivity contribution >= 4 is 18.6 Å². The van der Waals surface area contributed by atoms with Crippen molar-refractivity contribution in [2.24, 2.45) is 5.92 Å². The highest BCUT2D eigenvalue weighted by atomic mass is 32.1. The first-order chi connectivity index (χ1) is 6.11. The molecule has 1 saturated heterocycles. The van der Waals surface area contributed by atoms with E-state index in [9.17, 15) is 4.79 Å². The Kier molecular flexibility index (Phi) is 4.06. The second-order valence-electron chi connectivity index (χ2n) is 3.61. The molecule has 0 aromatic heterocycles.